The molecule has 7 nitrogen and oxygen atoms in total. The van der Waals surface area contributed by atoms with Crippen LogP contribution in [-0.4, -0.2) is 47.4 Å². The lowest BCUT2D eigenvalue weighted by molar-refractivity contribution is -0.157. The molecule has 0 spiro atoms. The number of morpholine rings is 1. The molecular weight excluding hydrogens is 482 g/mol. The van der Waals surface area contributed by atoms with Gasteiger partial charge in [0, 0.05) is 24.3 Å². The average Bonchev–Trinajstić information content (AvgIpc) is 3.34. The molecule has 2 heterocycles. The summed E-state index contributed by atoms with van der Waals surface area (Å²) < 4.78 is 86.9. The number of hydrogen-bond acceptors (Lipinski definition) is 5. The molecule has 0 atom stereocenters. The molecule has 4 rings (SSSR count). The molecule has 0 unspecified atom stereocenters. The van der Waals surface area contributed by atoms with E-state index in [1.165, 1.54) is 34.1 Å². The number of anilines is 1. The van der Waals surface area contributed by atoms with E-state index in [1.54, 1.807) is 12.1 Å². The summed E-state index contributed by atoms with van der Waals surface area (Å²) >= 11 is 0. The van der Waals surface area contributed by atoms with E-state index in [9.17, 15) is 31.1 Å². The Balaban J connectivity index is 1.58. The molecule has 186 valence electrons. The number of urea groups is 1. The van der Waals surface area contributed by atoms with E-state index in [-0.39, 0.29) is 23.7 Å². The number of hydrogen-bond donors (Lipinski definition) is 0. The zero-order chi connectivity index (χ0) is 25.2. The first-order valence-electron chi connectivity index (χ1n) is 10.3. The van der Waals surface area contributed by atoms with Gasteiger partial charge >= 0.3 is 24.3 Å². The normalized spacial score (nSPS) is 14.7. The predicted molar refractivity (Wildman–Crippen MR) is 110 cm³/mol. The third-order valence-corrected chi connectivity index (χ3v) is 5.23. The molecule has 1 aliphatic heterocycles. The molecule has 1 aliphatic rings. The fraction of sp³-hybridized carbons (Fsp3) is 0.318. The van der Waals surface area contributed by atoms with E-state index in [1.807, 2.05) is 0 Å². The Morgan fingerprint density at radius 2 is 1.51 bits per heavy atom. The zero-order valence-corrected chi connectivity index (χ0v) is 17.9. The summed E-state index contributed by atoms with van der Waals surface area (Å²) in [5.74, 6) is -1.80. The van der Waals surface area contributed by atoms with E-state index in [4.69, 9.17) is 4.74 Å². The molecule has 0 saturated carbocycles. The number of halogens is 6. The van der Waals surface area contributed by atoms with Crippen molar-refractivity contribution in [2.75, 3.05) is 31.2 Å². The van der Waals surface area contributed by atoms with Crippen LogP contribution < -0.4 is 4.90 Å². The van der Waals surface area contributed by atoms with Crippen LogP contribution in [0.2, 0.25) is 0 Å². The second kappa shape index (κ2) is 9.56. The van der Waals surface area contributed by atoms with Crippen LogP contribution in [0.25, 0.3) is 11.5 Å². The molecule has 35 heavy (non-hydrogen) atoms. The van der Waals surface area contributed by atoms with Gasteiger partial charge in [-0.05, 0) is 42.0 Å². The maximum atomic E-state index is 13.2. The van der Waals surface area contributed by atoms with Crippen molar-refractivity contribution in [1.29, 1.82) is 0 Å². The number of amides is 2. The third kappa shape index (κ3) is 5.73. The molecule has 0 N–H and O–H groups in total. The maximum Gasteiger partial charge on any atom is 0.470 e. The van der Waals surface area contributed by atoms with Crippen LogP contribution in [0, 0.1) is 0 Å². The fourth-order valence-electron chi connectivity index (χ4n) is 3.41. The van der Waals surface area contributed by atoms with Crippen LogP contribution in [0.4, 0.5) is 36.8 Å². The summed E-state index contributed by atoms with van der Waals surface area (Å²) in [4.78, 5) is 16.1. The minimum absolute atomic E-state index is 0.000526. The van der Waals surface area contributed by atoms with Gasteiger partial charge in [-0.2, -0.15) is 26.3 Å². The van der Waals surface area contributed by atoms with Gasteiger partial charge in [-0.1, -0.05) is 12.1 Å². The highest BCUT2D eigenvalue weighted by Gasteiger charge is 2.38. The molecular formula is C22H18F6N4O3. The quantitative estimate of drug-likeness (QED) is 0.459. The highest BCUT2D eigenvalue weighted by molar-refractivity contribution is 5.92. The first kappa shape index (κ1) is 24.5. The van der Waals surface area contributed by atoms with E-state index < -0.39 is 29.8 Å². The number of benzene rings is 2. The van der Waals surface area contributed by atoms with Crippen molar-refractivity contribution in [2.45, 2.75) is 18.9 Å². The number of nitrogens with zero attached hydrogens (tertiary/aromatic N) is 4. The van der Waals surface area contributed by atoms with Crippen LogP contribution in [0.5, 0.6) is 0 Å². The van der Waals surface area contributed by atoms with Gasteiger partial charge in [0.1, 0.15) is 0 Å². The lowest BCUT2D eigenvalue weighted by atomic mass is 10.1. The van der Waals surface area contributed by atoms with E-state index >= 15 is 0 Å². The Bertz CT molecular complexity index is 1150. The van der Waals surface area contributed by atoms with Gasteiger partial charge in [0.15, 0.2) is 0 Å². The minimum Gasteiger partial charge on any atom is -0.413 e. The van der Waals surface area contributed by atoms with Crippen LogP contribution in [0.1, 0.15) is 17.0 Å². The Kier molecular flexibility index (Phi) is 6.70. The second-order valence-corrected chi connectivity index (χ2v) is 7.62. The van der Waals surface area contributed by atoms with E-state index in [0.717, 1.165) is 12.1 Å². The van der Waals surface area contributed by atoms with Crippen LogP contribution >= 0.6 is 0 Å². The van der Waals surface area contributed by atoms with Gasteiger partial charge in [-0.3, -0.25) is 4.90 Å². The second-order valence-electron chi connectivity index (χ2n) is 7.62. The maximum absolute atomic E-state index is 13.2. The number of ether oxygens (including phenoxy) is 1. The van der Waals surface area contributed by atoms with Crippen molar-refractivity contribution >= 4 is 11.7 Å². The topological polar surface area (TPSA) is 71.7 Å². The number of rotatable bonds is 4. The highest BCUT2D eigenvalue weighted by atomic mass is 19.4. The molecule has 13 heteroatoms. The first-order chi connectivity index (χ1) is 16.5. The Labute approximate surface area is 194 Å². The molecule has 0 radical (unpaired) electrons. The van der Waals surface area contributed by atoms with E-state index in [2.05, 4.69) is 14.6 Å². The van der Waals surface area contributed by atoms with Crippen LogP contribution in [0.15, 0.2) is 52.9 Å². The molecule has 1 aromatic heterocycles. The minimum atomic E-state index is -4.77. The first-order valence-corrected chi connectivity index (χ1v) is 10.3. The van der Waals surface area contributed by atoms with Gasteiger partial charge in [-0.25, -0.2) is 4.79 Å². The van der Waals surface area contributed by atoms with Crippen molar-refractivity contribution in [3.63, 3.8) is 0 Å². The summed E-state index contributed by atoms with van der Waals surface area (Å²) in [6, 6.07) is 9.81. The summed E-state index contributed by atoms with van der Waals surface area (Å²) in [7, 11) is 0. The molecule has 1 saturated heterocycles. The summed E-state index contributed by atoms with van der Waals surface area (Å²) in [6.45, 7) is 1.33. The monoisotopic (exact) mass is 500 g/mol. The van der Waals surface area contributed by atoms with Gasteiger partial charge in [0.05, 0.1) is 25.3 Å². The predicted octanol–water partition coefficient (Wildman–Crippen LogP) is 5.23. The number of aromatic nitrogens is 2. The highest BCUT2D eigenvalue weighted by Crippen LogP contribution is 2.32. The molecule has 1 fully saturated rings. The summed E-state index contributed by atoms with van der Waals surface area (Å²) in [6.07, 6.45) is -9.29. The molecule has 3 aromatic rings. The summed E-state index contributed by atoms with van der Waals surface area (Å²) in [5, 5.41) is 6.38. The zero-order valence-electron chi connectivity index (χ0n) is 17.9. The average molecular weight is 500 g/mol. The third-order valence-electron chi connectivity index (χ3n) is 5.23. The Morgan fingerprint density at radius 1 is 0.886 bits per heavy atom. The largest absolute Gasteiger partial charge is 0.470 e. The van der Waals surface area contributed by atoms with Crippen molar-refractivity contribution in [1.82, 2.24) is 15.1 Å². The number of alkyl halides is 6. The smallest absolute Gasteiger partial charge is 0.413 e. The lowest BCUT2D eigenvalue weighted by Crippen LogP contribution is -2.48. The van der Waals surface area contributed by atoms with Gasteiger partial charge in [0.2, 0.25) is 5.89 Å². The van der Waals surface area contributed by atoms with Crippen molar-refractivity contribution in [3.05, 3.63) is 65.5 Å². The SMILES string of the molecule is O=C(N1CCOCC1)N(Cc1ccc(-c2nnc(C(F)(F)F)o2)cc1)c1ccc(C(F)(F)F)cc1. The van der Waals surface area contributed by atoms with Crippen molar-refractivity contribution in [3.8, 4) is 11.5 Å². The fourth-order valence-corrected chi connectivity index (χ4v) is 3.41. The molecule has 2 amide bonds. The molecule has 0 bridgehead atoms. The Hall–Kier alpha value is -3.61. The van der Waals surface area contributed by atoms with Crippen LogP contribution in [0.3, 0.4) is 0 Å². The van der Waals surface area contributed by atoms with Gasteiger partial charge < -0.3 is 14.1 Å². The van der Waals surface area contributed by atoms with E-state index in [0.29, 0.717) is 31.9 Å². The van der Waals surface area contributed by atoms with Crippen LogP contribution in [-0.2, 0) is 23.6 Å². The lowest BCUT2D eigenvalue weighted by Gasteiger charge is -2.33. The standard InChI is InChI=1S/C22H18F6N4O3/c23-21(24,25)16-5-7-17(8-6-16)32(20(33)31-9-11-34-12-10-31)13-14-1-3-15(4-2-14)18-29-30-19(35-18)22(26,27)28/h1-8H,9-13H2. The molecule has 0 aliphatic carbocycles. The number of carbonyl (C=O) groups excluding carboxylic acids is 1. The Morgan fingerprint density at radius 3 is 2.06 bits per heavy atom. The van der Waals surface area contributed by atoms with Gasteiger partial charge in [0.25, 0.3) is 0 Å². The van der Waals surface area contributed by atoms with Crippen molar-refractivity contribution in [2.24, 2.45) is 0 Å². The van der Waals surface area contributed by atoms with Gasteiger partial charge in [-0.15, -0.1) is 10.2 Å². The molecule has 2 aromatic carbocycles. The van der Waals surface area contributed by atoms with Crippen molar-refractivity contribution < 1.29 is 40.3 Å². The number of carbonyl (C=O) groups is 1. The summed E-state index contributed by atoms with van der Waals surface area (Å²) in [5.41, 5.74) is 0.218.